The summed E-state index contributed by atoms with van der Waals surface area (Å²) in [7, 11) is 0. The molecule has 0 bridgehead atoms. The van der Waals surface area contributed by atoms with Gasteiger partial charge in [0.2, 0.25) is 5.91 Å². The van der Waals surface area contributed by atoms with Gasteiger partial charge in [-0.1, -0.05) is 18.2 Å². The average Bonchev–Trinajstić information content (AvgIpc) is 2.77. The molecule has 0 spiro atoms. The van der Waals surface area contributed by atoms with E-state index in [-0.39, 0.29) is 43.4 Å². The second-order valence-corrected chi connectivity index (χ2v) is 6.94. The van der Waals surface area contributed by atoms with Crippen LogP contribution in [0.25, 0.3) is 6.08 Å². The van der Waals surface area contributed by atoms with Crippen LogP contribution in [-0.2, 0) is 11.0 Å². The average molecular weight is 454 g/mol. The maximum Gasteiger partial charge on any atom is 0.416 e. The highest BCUT2D eigenvalue weighted by molar-refractivity contribution is 5.95. The van der Waals surface area contributed by atoms with Gasteiger partial charge in [-0.05, 0) is 36.4 Å². The van der Waals surface area contributed by atoms with Gasteiger partial charge in [0, 0.05) is 43.4 Å². The number of nitrogens with zero attached hydrogens (tertiary/aromatic N) is 2. The maximum atomic E-state index is 12.7. The van der Waals surface area contributed by atoms with E-state index in [1.165, 1.54) is 40.2 Å². The van der Waals surface area contributed by atoms with Crippen molar-refractivity contribution in [3.63, 3.8) is 0 Å². The van der Waals surface area contributed by atoms with Gasteiger partial charge in [0.15, 0.2) is 0 Å². The number of carbonyl (C=O) groups is 2. The number of alkyl halides is 5. The number of para-hydroxylation sites is 1. The number of ether oxygens (including phenoxy) is 1. The molecular weight excluding hydrogens is 435 g/mol. The summed E-state index contributed by atoms with van der Waals surface area (Å²) in [6.07, 6.45) is -1.87. The number of rotatable bonds is 5. The second kappa shape index (κ2) is 9.80. The van der Waals surface area contributed by atoms with E-state index in [4.69, 9.17) is 0 Å². The Morgan fingerprint density at radius 3 is 2.09 bits per heavy atom. The summed E-state index contributed by atoms with van der Waals surface area (Å²) in [5.74, 6) is -0.837. The molecule has 32 heavy (non-hydrogen) atoms. The Labute approximate surface area is 180 Å². The fraction of sp³-hybridized carbons (Fsp3) is 0.273. The number of halogens is 5. The first-order chi connectivity index (χ1) is 15.1. The first-order valence-electron chi connectivity index (χ1n) is 9.62. The lowest BCUT2D eigenvalue weighted by molar-refractivity contribution is -0.137. The third-order valence-electron chi connectivity index (χ3n) is 4.88. The van der Waals surface area contributed by atoms with E-state index in [0.717, 1.165) is 24.3 Å². The third kappa shape index (κ3) is 5.83. The van der Waals surface area contributed by atoms with Crippen molar-refractivity contribution >= 4 is 17.9 Å². The fourth-order valence-electron chi connectivity index (χ4n) is 3.20. The molecule has 0 radical (unpaired) electrons. The number of piperazine rings is 1. The van der Waals surface area contributed by atoms with Crippen molar-refractivity contribution in [2.45, 2.75) is 12.8 Å². The Hall–Kier alpha value is -3.43. The van der Waals surface area contributed by atoms with E-state index in [1.54, 1.807) is 6.07 Å². The second-order valence-electron chi connectivity index (χ2n) is 6.94. The standard InChI is InChI=1S/C22H19F5N2O3/c23-21(24)32-18-4-2-1-3-15(18)7-10-19(30)28-11-13-29(14-12-28)20(31)16-5-8-17(9-6-16)22(25,26)27/h1-10,21H,11-14H2/b10-7+. The highest BCUT2D eigenvalue weighted by Gasteiger charge is 2.31. The Morgan fingerprint density at radius 2 is 1.50 bits per heavy atom. The van der Waals surface area contributed by atoms with Gasteiger partial charge in [-0.15, -0.1) is 0 Å². The minimum Gasteiger partial charge on any atom is -0.434 e. The number of amides is 2. The van der Waals surface area contributed by atoms with E-state index < -0.39 is 24.3 Å². The first kappa shape index (κ1) is 23.2. The number of carbonyl (C=O) groups excluding carboxylic acids is 2. The maximum absolute atomic E-state index is 12.7. The molecule has 1 aliphatic rings. The predicted octanol–water partition coefficient (Wildman–Crippen LogP) is 4.30. The largest absolute Gasteiger partial charge is 0.434 e. The molecule has 3 rings (SSSR count). The topological polar surface area (TPSA) is 49.9 Å². The van der Waals surface area contributed by atoms with E-state index in [1.807, 2.05) is 0 Å². The van der Waals surface area contributed by atoms with Crippen LogP contribution < -0.4 is 4.74 Å². The van der Waals surface area contributed by atoms with E-state index >= 15 is 0 Å². The molecule has 0 aliphatic carbocycles. The van der Waals surface area contributed by atoms with Crippen molar-refractivity contribution in [1.82, 2.24) is 9.80 Å². The molecular formula is C22H19F5N2O3. The van der Waals surface area contributed by atoms with Crippen molar-refractivity contribution in [3.8, 4) is 5.75 Å². The van der Waals surface area contributed by atoms with Gasteiger partial charge >= 0.3 is 12.8 Å². The van der Waals surface area contributed by atoms with Crippen LogP contribution in [0.2, 0.25) is 0 Å². The van der Waals surface area contributed by atoms with E-state index in [0.29, 0.717) is 5.56 Å². The molecule has 2 aromatic carbocycles. The summed E-state index contributed by atoms with van der Waals surface area (Å²) in [5, 5.41) is 0. The van der Waals surface area contributed by atoms with Crippen LogP contribution in [0.5, 0.6) is 5.75 Å². The summed E-state index contributed by atoms with van der Waals surface area (Å²) in [6, 6.07) is 10.0. The highest BCUT2D eigenvalue weighted by Crippen LogP contribution is 2.29. The molecule has 2 amide bonds. The number of hydrogen-bond acceptors (Lipinski definition) is 3. The van der Waals surface area contributed by atoms with Crippen LogP contribution in [-0.4, -0.2) is 54.4 Å². The van der Waals surface area contributed by atoms with Gasteiger partial charge < -0.3 is 14.5 Å². The Morgan fingerprint density at radius 1 is 0.906 bits per heavy atom. The van der Waals surface area contributed by atoms with Crippen molar-refractivity contribution in [2.75, 3.05) is 26.2 Å². The summed E-state index contributed by atoms with van der Waals surface area (Å²) in [4.78, 5) is 27.9. The lowest BCUT2D eigenvalue weighted by atomic mass is 10.1. The summed E-state index contributed by atoms with van der Waals surface area (Å²) in [5.41, 5.74) is -0.387. The molecule has 2 aromatic rings. The van der Waals surface area contributed by atoms with Gasteiger partial charge in [0.25, 0.3) is 5.91 Å². The number of hydrogen-bond donors (Lipinski definition) is 0. The van der Waals surface area contributed by atoms with E-state index in [9.17, 15) is 31.5 Å². The van der Waals surface area contributed by atoms with Gasteiger partial charge in [0.1, 0.15) is 5.75 Å². The molecule has 0 atom stereocenters. The first-order valence-corrected chi connectivity index (χ1v) is 9.62. The van der Waals surface area contributed by atoms with Crippen LogP contribution in [0, 0.1) is 0 Å². The molecule has 0 N–H and O–H groups in total. The summed E-state index contributed by atoms with van der Waals surface area (Å²) < 4.78 is 67.4. The monoisotopic (exact) mass is 454 g/mol. The predicted molar refractivity (Wildman–Crippen MR) is 106 cm³/mol. The molecule has 5 nitrogen and oxygen atoms in total. The molecule has 0 saturated carbocycles. The van der Waals surface area contributed by atoms with Gasteiger partial charge in [-0.25, -0.2) is 0 Å². The molecule has 170 valence electrons. The Balaban J connectivity index is 1.57. The fourth-order valence-corrected chi connectivity index (χ4v) is 3.20. The van der Waals surface area contributed by atoms with Crippen molar-refractivity contribution in [1.29, 1.82) is 0 Å². The zero-order valence-electron chi connectivity index (χ0n) is 16.7. The summed E-state index contributed by atoms with van der Waals surface area (Å²) >= 11 is 0. The van der Waals surface area contributed by atoms with Gasteiger partial charge in [0.05, 0.1) is 5.56 Å². The van der Waals surface area contributed by atoms with Crippen molar-refractivity contribution in [3.05, 3.63) is 71.3 Å². The smallest absolute Gasteiger partial charge is 0.416 e. The van der Waals surface area contributed by atoms with Crippen LogP contribution in [0.3, 0.4) is 0 Å². The Bertz CT molecular complexity index is 982. The molecule has 1 saturated heterocycles. The molecule has 1 aliphatic heterocycles. The zero-order chi connectivity index (χ0) is 23.3. The minimum atomic E-state index is -4.48. The molecule has 10 heteroatoms. The van der Waals surface area contributed by atoms with E-state index in [2.05, 4.69) is 4.74 Å². The Kier molecular flexibility index (Phi) is 7.12. The molecule has 1 heterocycles. The SMILES string of the molecule is O=C(/C=C/c1ccccc1OC(F)F)N1CCN(C(=O)c2ccc(C(F)(F)F)cc2)CC1. The minimum absolute atomic E-state index is 0.0569. The lowest BCUT2D eigenvalue weighted by Gasteiger charge is -2.34. The van der Waals surface area contributed by atoms with Crippen LogP contribution in [0.1, 0.15) is 21.5 Å². The van der Waals surface area contributed by atoms with Gasteiger partial charge in [-0.3, -0.25) is 9.59 Å². The zero-order valence-corrected chi connectivity index (χ0v) is 16.7. The van der Waals surface area contributed by atoms with Crippen LogP contribution in [0.15, 0.2) is 54.6 Å². The van der Waals surface area contributed by atoms with Gasteiger partial charge in [-0.2, -0.15) is 22.0 Å². The van der Waals surface area contributed by atoms with Crippen molar-refractivity contribution < 1.29 is 36.3 Å². The highest BCUT2D eigenvalue weighted by atomic mass is 19.4. The van der Waals surface area contributed by atoms with Crippen LogP contribution >= 0.6 is 0 Å². The number of benzene rings is 2. The molecule has 1 fully saturated rings. The quantitative estimate of drug-likeness (QED) is 0.500. The van der Waals surface area contributed by atoms with Crippen LogP contribution in [0.4, 0.5) is 22.0 Å². The third-order valence-corrected chi connectivity index (χ3v) is 4.88. The molecule has 0 unspecified atom stereocenters. The lowest BCUT2D eigenvalue weighted by Crippen LogP contribution is -2.50. The van der Waals surface area contributed by atoms with Crippen molar-refractivity contribution in [2.24, 2.45) is 0 Å². The normalized spacial score (nSPS) is 14.8. The molecule has 0 aromatic heterocycles. The summed E-state index contributed by atoms with van der Waals surface area (Å²) in [6.45, 7) is -2.11.